The molecule has 2 heterocycles. The number of ether oxygens (including phenoxy) is 1. The normalized spacial score (nSPS) is 9.83. The molecule has 0 aliphatic rings. The van der Waals surface area contributed by atoms with Gasteiger partial charge in [-0.25, -0.2) is 9.78 Å². The van der Waals surface area contributed by atoms with Crippen molar-refractivity contribution >= 4 is 17.7 Å². The van der Waals surface area contributed by atoms with Gasteiger partial charge in [0, 0.05) is 34.6 Å². The van der Waals surface area contributed by atoms with E-state index < -0.39 is 11.9 Å². The van der Waals surface area contributed by atoms with E-state index in [9.17, 15) is 9.59 Å². The van der Waals surface area contributed by atoms with Gasteiger partial charge in [-0.3, -0.25) is 9.78 Å². The number of hydrogen-bond donors (Lipinski definition) is 1. The molecule has 2 aromatic heterocycles. The highest BCUT2D eigenvalue weighted by atomic mass is 16.5. The standard InChI is InChI=1S/C28H18N4O3/c1-35-28(34)24-15-25(22-10-6-19(7-11-22)4-5-21-3-2-14-30-18-21)31-26(16-24)32-27(33)23-12-8-20(17-29)9-13-23/h2-3,6-16,18H,1H3,(H,31,32,33). The van der Waals surface area contributed by atoms with E-state index in [-0.39, 0.29) is 11.4 Å². The van der Waals surface area contributed by atoms with Gasteiger partial charge in [-0.15, -0.1) is 0 Å². The molecule has 7 heteroatoms. The number of carbonyl (C=O) groups excluding carboxylic acids is 2. The molecule has 4 rings (SSSR count). The summed E-state index contributed by atoms with van der Waals surface area (Å²) in [4.78, 5) is 33.5. The minimum Gasteiger partial charge on any atom is -0.465 e. The average molecular weight is 458 g/mol. The van der Waals surface area contributed by atoms with Gasteiger partial charge in [0.05, 0.1) is 30.0 Å². The number of methoxy groups -OCH3 is 1. The zero-order valence-electron chi connectivity index (χ0n) is 18.6. The minimum atomic E-state index is -0.554. The fourth-order valence-electron chi connectivity index (χ4n) is 3.17. The van der Waals surface area contributed by atoms with E-state index in [0.717, 1.165) is 16.7 Å². The monoisotopic (exact) mass is 458 g/mol. The molecule has 0 aliphatic heterocycles. The van der Waals surface area contributed by atoms with Crippen molar-refractivity contribution in [1.82, 2.24) is 9.97 Å². The molecule has 35 heavy (non-hydrogen) atoms. The molecule has 0 aliphatic carbocycles. The molecule has 0 radical (unpaired) electrons. The highest BCUT2D eigenvalue weighted by molar-refractivity contribution is 6.04. The molecule has 0 bridgehead atoms. The van der Waals surface area contributed by atoms with Crippen LogP contribution in [-0.4, -0.2) is 29.0 Å². The third kappa shape index (κ3) is 5.75. The summed E-state index contributed by atoms with van der Waals surface area (Å²) in [6.07, 6.45) is 3.38. The highest BCUT2D eigenvalue weighted by Gasteiger charge is 2.14. The van der Waals surface area contributed by atoms with Crippen molar-refractivity contribution in [3.05, 3.63) is 113 Å². The van der Waals surface area contributed by atoms with Gasteiger partial charge in [-0.1, -0.05) is 24.0 Å². The maximum atomic E-state index is 12.7. The van der Waals surface area contributed by atoms with Gasteiger partial charge in [0.25, 0.3) is 5.91 Å². The lowest BCUT2D eigenvalue weighted by atomic mass is 10.1. The SMILES string of the molecule is COC(=O)c1cc(NC(=O)c2ccc(C#N)cc2)nc(-c2ccc(C#Cc3cccnc3)cc2)c1. The van der Waals surface area contributed by atoms with Crippen LogP contribution in [0.5, 0.6) is 0 Å². The predicted octanol–water partition coefficient (Wildman–Crippen LogP) is 4.45. The van der Waals surface area contributed by atoms with Crippen LogP contribution in [0.15, 0.2) is 85.2 Å². The third-order valence-corrected chi connectivity index (χ3v) is 4.96. The second-order valence-electron chi connectivity index (χ2n) is 7.33. The number of carbonyl (C=O) groups is 2. The Balaban J connectivity index is 1.61. The van der Waals surface area contributed by atoms with Gasteiger partial charge in [0.15, 0.2) is 0 Å². The number of anilines is 1. The minimum absolute atomic E-state index is 0.192. The fourth-order valence-corrected chi connectivity index (χ4v) is 3.17. The van der Waals surface area contributed by atoms with Gasteiger partial charge in [-0.2, -0.15) is 5.26 Å². The Morgan fingerprint density at radius 3 is 2.26 bits per heavy atom. The number of hydrogen-bond acceptors (Lipinski definition) is 6. The Morgan fingerprint density at radius 1 is 0.886 bits per heavy atom. The average Bonchev–Trinajstić information content (AvgIpc) is 2.92. The number of nitriles is 1. The fraction of sp³-hybridized carbons (Fsp3) is 0.0357. The van der Waals surface area contributed by atoms with Crippen molar-refractivity contribution in [2.45, 2.75) is 0 Å². The van der Waals surface area contributed by atoms with Gasteiger partial charge in [-0.05, 0) is 60.7 Å². The van der Waals surface area contributed by atoms with Crippen molar-refractivity contribution in [3.63, 3.8) is 0 Å². The van der Waals surface area contributed by atoms with Gasteiger partial charge in [0.2, 0.25) is 0 Å². The lowest BCUT2D eigenvalue weighted by Crippen LogP contribution is -2.14. The zero-order chi connectivity index (χ0) is 24.6. The molecule has 0 atom stereocenters. The second-order valence-corrected chi connectivity index (χ2v) is 7.33. The largest absolute Gasteiger partial charge is 0.465 e. The summed E-state index contributed by atoms with van der Waals surface area (Å²) in [5.74, 6) is 5.35. The summed E-state index contributed by atoms with van der Waals surface area (Å²) in [6, 6.07) is 22.3. The van der Waals surface area contributed by atoms with Crippen LogP contribution >= 0.6 is 0 Å². The van der Waals surface area contributed by atoms with Crippen LogP contribution in [0, 0.1) is 23.2 Å². The Morgan fingerprint density at radius 2 is 1.60 bits per heavy atom. The molecule has 4 aromatic rings. The summed E-state index contributed by atoms with van der Waals surface area (Å²) in [6.45, 7) is 0. The van der Waals surface area contributed by atoms with Crippen molar-refractivity contribution in [3.8, 4) is 29.2 Å². The molecule has 0 fully saturated rings. The molecule has 0 unspecified atom stereocenters. The van der Waals surface area contributed by atoms with Crippen LogP contribution in [0.25, 0.3) is 11.3 Å². The number of pyridine rings is 2. The smallest absolute Gasteiger partial charge is 0.338 e. The van der Waals surface area contributed by atoms with Crippen LogP contribution in [0.2, 0.25) is 0 Å². The van der Waals surface area contributed by atoms with Gasteiger partial charge in [0.1, 0.15) is 5.82 Å². The zero-order valence-corrected chi connectivity index (χ0v) is 18.6. The molecular formula is C28H18N4O3. The van der Waals surface area contributed by atoms with Crippen LogP contribution in [0.4, 0.5) is 5.82 Å². The number of benzene rings is 2. The highest BCUT2D eigenvalue weighted by Crippen LogP contribution is 2.23. The molecule has 1 N–H and O–H groups in total. The van der Waals surface area contributed by atoms with E-state index in [1.807, 2.05) is 42.5 Å². The Bertz CT molecular complexity index is 1480. The topological polar surface area (TPSA) is 105 Å². The summed E-state index contributed by atoms with van der Waals surface area (Å²) in [5, 5.41) is 11.6. The van der Waals surface area contributed by atoms with Crippen LogP contribution < -0.4 is 5.32 Å². The third-order valence-electron chi connectivity index (χ3n) is 4.96. The maximum absolute atomic E-state index is 12.7. The maximum Gasteiger partial charge on any atom is 0.338 e. The van der Waals surface area contributed by atoms with Crippen molar-refractivity contribution in [2.24, 2.45) is 0 Å². The van der Waals surface area contributed by atoms with E-state index in [4.69, 9.17) is 10.00 Å². The lowest BCUT2D eigenvalue weighted by Gasteiger charge is -2.10. The van der Waals surface area contributed by atoms with Crippen LogP contribution in [0.1, 0.15) is 37.4 Å². The first kappa shape index (κ1) is 22.9. The lowest BCUT2D eigenvalue weighted by molar-refractivity contribution is 0.0600. The van der Waals surface area contributed by atoms with E-state index in [1.54, 1.807) is 42.7 Å². The summed E-state index contributed by atoms with van der Waals surface area (Å²) in [7, 11) is 1.28. The van der Waals surface area contributed by atoms with Gasteiger partial charge < -0.3 is 10.1 Å². The number of amides is 1. The van der Waals surface area contributed by atoms with Crippen molar-refractivity contribution in [1.29, 1.82) is 5.26 Å². The summed E-state index contributed by atoms with van der Waals surface area (Å²) in [5.41, 5.74) is 3.87. The van der Waals surface area contributed by atoms with Crippen LogP contribution in [0.3, 0.4) is 0 Å². The van der Waals surface area contributed by atoms with E-state index in [0.29, 0.717) is 16.8 Å². The van der Waals surface area contributed by atoms with E-state index >= 15 is 0 Å². The molecule has 0 saturated carbocycles. The molecule has 1 amide bonds. The van der Waals surface area contributed by atoms with Gasteiger partial charge >= 0.3 is 5.97 Å². The molecule has 2 aromatic carbocycles. The molecule has 0 saturated heterocycles. The first-order valence-electron chi connectivity index (χ1n) is 10.5. The van der Waals surface area contributed by atoms with Crippen molar-refractivity contribution < 1.29 is 14.3 Å². The molecule has 0 spiro atoms. The molecular weight excluding hydrogens is 440 g/mol. The predicted molar refractivity (Wildman–Crippen MR) is 130 cm³/mol. The number of aromatic nitrogens is 2. The van der Waals surface area contributed by atoms with Crippen LogP contribution in [-0.2, 0) is 4.74 Å². The molecule has 168 valence electrons. The van der Waals surface area contributed by atoms with Crippen molar-refractivity contribution in [2.75, 3.05) is 12.4 Å². The molecule has 7 nitrogen and oxygen atoms in total. The Hall–Kier alpha value is -5.27. The second kappa shape index (κ2) is 10.6. The first-order chi connectivity index (χ1) is 17.1. The van der Waals surface area contributed by atoms with E-state index in [1.165, 1.54) is 13.2 Å². The summed E-state index contributed by atoms with van der Waals surface area (Å²) < 4.78 is 4.86. The van der Waals surface area contributed by atoms with E-state index in [2.05, 4.69) is 27.1 Å². The number of esters is 1. The Labute approximate surface area is 202 Å². The summed E-state index contributed by atoms with van der Waals surface area (Å²) >= 11 is 0. The number of rotatable bonds is 4. The number of nitrogens with zero attached hydrogens (tertiary/aromatic N) is 3. The number of nitrogens with one attached hydrogen (secondary N) is 1. The quantitative estimate of drug-likeness (QED) is 0.358. The Kier molecular flexibility index (Phi) is 6.91. The first-order valence-corrected chi connectivity index (χ1v) is 10.5.